The Morgan fingerprint density at radius 3 is 2.64 bits per heavy atom. The summed E-state index contributed by atoms with van der Waals surface area (Å²) in [6, 6.07) is -0.542. The van der Waals surface area contributed by atoms with Gasteiger partial charge in [0.1, 0.15) is 6.04 Å². The third kappa shape index (κ3) is 1.68. The minimum Gasteiger partial charge on any atom is -0.480 e. The van der Waals surface area contributed by atoms with Gasteiger partial charge in [-0.15, -0.1) is 0 Å². The first-order valence-corrected chi connectivity index (χ1v) is 3.53. The Morgan fingerprint density at radius 2 is 2.36 bits per heavy atom. The van der Waals surface area contributed by atoms with Crippen molar-refractivity contribution < 1.29 is 15.1 Å². The van der Waals surface area contributed by atoms with Crippen molar-refractivity contribution in [2.75, 3.05) is 0 Å². The molecular weight excluding hydrogens is 148 g/mol. The van der Waals surface area contributed by atoms with Crippen molar-refractivity contribution in [3.8, 4) is 0 Å². The number of carboxylic acid groups (broad SMARTS) is 1. The molecule has 0 radical (unpaired) electrons. The Kier molecular flexibility index (Phi) is 2.43. The SMILES string of the molecule is CC1CC(NO)NC1C(=O)O. The van der Waals surface area contributed by atoms with Crippen LogP contribution in [0.25, 0.3) is 0 Å². The van der Waals surface area contributed by atoms with Gasteiger partial charge >= 0.3 is 5.97 Å². The third-order valence-electron chi connectivity index (χ3n) is 1.98. The van der Waals surface area contributed by atoms with Gasteiger partial charge in [0.05, 0.1) is 6.17 Å². The molecule has 0 saturated carbocycles. The highest BCUT2D eigenvalue weighted by Gasteiger charge is 2.34. The van der Waals surface area contributed by atoms with E-state index in [4.69, 9.17) is 10.3 Å². The largest absolute Gasteiger partial charge is 0.480 e. The maximum atomic E-state index is 10.5. The quantitative estimate of drug-likeness (QED) is 0.404. The number of carbonyl (C=O) groups is 1. The lowest BCUT2D eigenvalue weighted by Gasteiger charge is -2.09. The predicted octanol–water partition coefficient (Wildman–Crippen LogP) is -0.626. The summed E-state index contributed by atoms with van der Waals surface area (Å²) in [6.07, 6.45) is 0.346. The summed E-state index contributed by atoms with van der Waals surface area (Å²) in [5, 5.41) is 19.8. The molecule has 64 valence electrons. The second-order valence-corrected chi connectivity index (χ2v) is 2.88. The highest BCUT2D eigenvalue weighted by molar-refractivity contribution is 5.74. The van der Waals surface area contributed by atoms with Crippen LogP contribution in [-0.4, -0.2) is 28.5 Å². The maximum absolute atomic E-state index is 10.5. The fourth-order valence-corrected chi connectivity index (χ4v) is 1.36. The maximum Gasteiger partial charge on any atom is 0.321 e. The first-order chi connectivity index (χ1) is 5.15. The zero-order valence-electron chi connectivity index (χ0n) is 6.24. The molecule has 3 atom stereocenters. The molecule has 5 nitrogen and oxygen atoms in total. The number of hydroxylamine groups is 1. The lowest BCUT2D eigenvalue weighted by Crippen LogP contribution is -2.42. The average molecular weight is 160 g/mol. The number of rotatable bonds is 2. The molecule has 0 aromatic heterocycles. The van der Waals surface area contributed by atoms with Crippen LogP contribution >= 0.6 is 0 Å². The molecule has 0 bridgehead atoms. The third-order valence-corrected chi connectivity index (χ3v) is 1.98. The zero-order valence-corrected chi connectivity index (χ0v) is 6.24. The van der Waals surface area contributed by atoms with Crippen LogP contribution in [-0.2, 0) is 4.79 Å². The van der Waals surface area contributed by atoms with E-state index in [1.165, 1.54) is 0 Å². The first kappa shape index (κ1) is 8.45. The molecule has 1 saturated heterocycles. The summed E-state index contributed by atoms with van der Waals surface area (Å²) in [4.78, 5) is 10.5. The van der Waals surface area contributed by atoms with Gasteiger partial charge in [0.15, 0.2) is 0 Å². The van der Waals surface area contributed by atoms with Crippen molar-refractivity contribution in [2.24, 2.45) is 5.92 Å². The monoisotopic (exact) mass is 160 g/mol. The Bertz CT molecular complexity index is 162. The van der Waals surface area contributed by atoms with Crippen LogP contribution < -0.4 is 10.8 Å². The van der Waals surface area contributed by atoms with Crippen LogP contribution in [0.1, 0.15) is 13.3 Å². The summed E-state index contributed by atoms with van der Waals surface area (Å²) in [7, 11) is 0. The second-order valence-electron chi connectivity index (χ2n) is 2.88. The zero-order chi connectivity index (χ0) is 8.43. The lowest BCUT2D eigenvalue weighted by atomic mass is 10.0. The van der Waals surface area contributed by atoms with Gasteiger partial charge in [-0.3, -0.25) is 10.1 Å². The van der Waals surface area contributed by atoms with Crippen molar-refractivity contribution in [2.45, 2.75) is 25.6 Å². The normalized spacial score (nSPS) is 37.5. The minimum atomic E-state index is -0.866. The van der Waals surface area contributed by atoms with Crippen LogP contribution in [0, 0.1) is 5.92 Å². The van der Waals surface area contributed by atoms with Crippen LogP contribution in [0.4, 0.5) is 0 Å². The molecule has 1 fully saturated rings. The highest BCUT2D eigenvalue weighted by atomic mass is 16.5. The molecule has 1 aliphatic rings. The summed E-state index contributed by atoms with van der Waals surface area (Å²) in [5.41, 5.74) is 2.00. The van der Waals surface area contributed by atoms with Crippen molar-refractivity contribution >= 4 is 5.97 Å². The molecule has 0 spiro atoms. The number of carboxylic acids is 1. The summed E-state index contributed by atoms with van der Waals surface area (Å²) < 4.78 is 0. The van der Waals surface area contributed by atoms with Crippen LogP contribution in [0.3, 0.4) is 0 Å². The summed E-state index contributed by atoms with van der Waals surface area (Å²) in [5.74, 6) is -0.813. The summed E-state index contributed by atoms with van der Waals surface area (Å²) >= 11 is 0. The Balaban J connectivity index is 2.51. The van der Waals surface area contributed by atoms with Gasteiger partial charge in [0.2, 0.25) is 0 Å². The van der Waals surface area contributed by atoms with E-state index in [0.717, 1.165) is 0 Å². The van der Waals surface area contributed by atoms with E-state index in [9.17, 15) is 4.79 Å². The van der Waals surface area contributed by atoms with E-state index in [2.05, 4.69) is 5.32 Å². The molecule has 0 amide bonds. The standard InChI is InChI=1S/C6H12N2O3/c1-3-2-4(8-11)7-5(3)6(9)10/h3-5,7-8,11H,2H2,1H3,(H,9,10). The van der Waals surface area contributed by atoms with Crippen LogP contribution in [0.5, 0.6) is 0 Å². The van der Waals surface area contributed by atoms with Crippen LogP contribution in [0.15, 0.2) is 0 Å². The van der Waals surface area contributed by atoms with Gasteiger partial charge in [-0.2, -0.15) is 5.48 Å². The molecule has 4 N–H and O–H groups in total. The van der Waals surface area contributed by atoms with E-state index in [0.29, 0.717) is 6.42 Å². The highest BCUT2D eigenvalue weighted by Crippen LogP contribution is 2.17. The number of nitrogens with one attached hydrogen (secondary N) is 2. The van der Waals surface area contributed by atoms with Gasteiger partial charge in [-0.05, 0) is 12.3 Å². The molecule has 1 heterocycles. The van der Waals surface area contributed by atoms with Gasteiger partial charge in [0.25, 0.3) is 0 Å². The number of hydrogen-bond acceptors (Lipinski definition) is 4. The molecule has 1 rings (SSSR count). The topological polar surface area (TPSA) is 81.6 Å². The minimum absolute atomic E-state index is 0.0529. The molecule has 0 aromatic carbocycles. The fraction of sp³-hybridized carbons (Fsp3) is 0.833. The van der Waals surface area contributed by atoms with Crippen molar-refractivity contribution in [3.63, 3.8) is 0 Å². The molecule has 5 heteroatoms. The first-order valence-electron chi connectivity index (χ1n) is 3.53. The molecule has 11 heavy (non-hydrogen) atoms. The Morgan fingerprint density at radius 1 is 1.73 bits per heavy atom. The fourth-order valence-electron chi connectivity index (χ4n) is 1.36. The predicted molar refractivity (Wildman–Crippen MR) is 37.1 cm³/mol. The van der Waals surface area contributed by atoms with Gasteiger partial charge in [-0.25, -0.2) is 0 Å². The Labute approximate surface area is 64.4 Å². The van der Waals surface area contributed by atoms with Gasteiger partial charge < -0.3 is 10.3 Å². The molecule has 0 aliphatic carbocycles. The van der Waals surface area contributed by atoms with E-state index in [1.54, 1.807) is 0 Å². The summed E-state index contributed by atoms with van der Waals surface area (Å²) in [6.45, 7) is 1.84. The van der Waals surface area contributed by atoms with E-state index in [1.807, 2.05) is 12.4 Å². The van der Waals surface area contributed by atoms with E-state index in [-0.39, 0.29) is 12.1 Å². The van der Waals surface area contributed by atoms with Gasteiger partial charge in [-0.1, -0.05) is 6.92 Å². The lowest BCUT2D eigenvalue weighted by molar-refractivity contribution is -0.140. The smallest absolute Gasteiger partial charge is 0.321 e. The molecule has 3 unspecified atom stereocenters. The van der Waals surface area contributed by atoms with Crippen molar-refractivity contribution in [1.82, 2.24) is 10.8 Å². The number of hydrogen-bond donors (Lipinski definition) is 4. The second kappa shape index (κ2) is 3.17. The van der Waals surface area contributed by atoms with E-state index >= 15 is 0 Å². The molecular formula is C6H12N2O3. The Hall–Kier alpha value is -0.650. The van der Waals surface area contributed by atoms with Crippen LogP contribution in [0.2, 0.25) is 0 Å². The molecule has 0 aromatic rings. The van der Waals surface area contributed by atoms with Gasteiger partial charge in [0, 0.05) is 0 Å². The van der Waals surface area contributed by atoms with Crippen molar-refractivity contribution in [3.05, 3.63) is 0 Å². The van der Waals surface area contributed by atoms with Crippen molar-refractivity contribution in [1.29, 1.82) is 0 Å². The average Bonchev–Trinajstić information content (AvgIpc) is 2.30. The van der Waals surface area contributed by atoms with E-state index < -0.39 is 12.0 Å². The number of aliphatic carboxylic acids is 1. The molecule has 1 aliphatic heterocycles.